The average molecular weight is 241 g/mol. The van der Waals surface area contributed by atoms with Crippen LogP contribution < -0.4 is 0 Å². The van der Waals surface area contributed by atoms with E-state index >= 15 is 0 Å². The fraction of sp³-hybridized carbons (Fsp3) is 0. The van der Waals surface area contributed by atoms with Crippen molar-refractivity contribution in [3.05, 3.63) is 51.0 Å². The highest BCUT2D eigenvalue weighted by molar-refractivity contribution is 6.31. The Bertz CT molecular complexity index is 592. The van der Waals surface area contributed by atoms with Crippen LogP contribution in [0.15, 0.2) is 24.5 Å². The molecule has 0 aliphatic carbocycles. The second kappa shape index (κ2) is 3.94. The van der Waals surface area contributed by atoms with Gasteiger partial charge in [-0.3, -0.25) is 10.1 Å². The van der Waals surface area contributed by atoms with Crippen molar-refractivity contribution in [2.24, 2.45) is 0 Å². The zero-order chi connectivity index (χ0) is 11.7. The van der Waals surface area contributed by atoms with Gasteiger partial charge in [-0.2, -0.15) is 0 Å². The van der Waals surface area contributed by atoms with Crippen molar-refractivity contribution in [3.8, 4) is 0 Å². The molecule has 0 saturated carbocycles. The minimum absolute atomic E-state index is 0.0112. The third kappa shape index (κ3) is 1.90. The number of halogens is 2. The van der Waals surface area contributed by atoms with Crippen molar-refractivity contribution in [2.45, 2.75) is 0 Å². The second-order valence-electron chi connectivity index (χ2n) is 3.16. The van der Waals surface area contributed by atoms with Gasteiger partial charge in [-0.05, 0) is 12.1 Å². The predicted molar refractivity (Wildman–Crippen MR) is 59.3 cm³/mol. The number of hydrogen-bond donors (Lipinski definition) is 1. The molecule has 2 rings (SSSR count). The van der Waals surface area contributed by atoms with Crippen molar-refractivity contribution in [3.63, 3.8) is 0 Å². The van der Waals surface area contributed by atoms with Gasteiger partial charge in [0.25, 0.3) is 0 Å². The lowest BCUT2D eigenvalue weighted by atomic mass is 10.2. The summed E-state index contributed by atoms with van der Waals surface area (Å²) >= 11 is 5.63. The maximum Gasteiger partial charge on any atom is 0.235 e. The van der Waals surface area contributed by atoms with E-state index in [2.05, 4.69) is 4.98 Å². The Morgan fingerprint density at radius 3 is 2.94 bits per heavy atom. The van der Waals surface area contributed by atoms with Crippen LogP contribution >= 0.6 is 11.6 Å². The van der Waals surface area contributed by atoms with Crippen LogP contribution in [-0.2, 0) is 0 Å². The summed E-state index contributed by atoms with van der Waals surface area (Å²) in [5.41, 5.74) is 1.14. The van der Waals surface area contributed by atoms with E-state index < -0.39 is 10.7 Å². The van der Waals surface area contributed by atoms with E-state index in [4.69, 9.17) is 11.6 Å². The summed E-state index contributed by atoms with van der Waals surface area (Å²) in [6, 6.07) is 2.68. The first kappa shape index (κ1) is 10.6. The van der Waals surface area contributed by atoms with Gasteiger partial charge in [-0.15, -0.1) is 0 Å². The van der Waals surface area contributed by atoms with Crippen LogP contribution in [0.1, 0.15) is 5.56 Å². The van der Waals surface area contributed by atoms with Crippen LogP contribution in [-0.4, -0.2) is 9.91 Å². The molecule has 0 spiro atoms. The monoisotopic (exact) mass is 240 g/mol. The van der Waals surface area contributed by atoms with Crippen LogP contribution in [0.25, 0.3) is 17.0 Å². The maximum absolute atomic E-state index is 13.1. The molecule has 0 aliphatic heterocycles. The molecule has 1 aromatic carbocycles. The van der Waals surface area contributed by atoms with E-state index in [1.807, 2.05) is 0 Å². The van der Waals surface area contributed by atoms with Gasteiger partial charge >= 0.3 is 0 Å². The summed E-state index contributed by atoms with van der Waals surface area (Å²) in [7, 11) is 0. The summed E-state index contributed by atoms with van der Waals surface area (Å²) in [5, 5.41) is 10.8. The number of rotatable bonds is 2. The number of hydrogen-bond acceptors (Lipinski definition) is 2. The van der Waals surface area contributed by atoms with Gasteiger partial charge in [0.2, 0.25) is 6.20 Å². The number of fused-ring (bicyclic) bond motifs is 1. The minimum Gasteiger partial charge on any atom is -0.360 e. The fourth-order valence-electron chi connectivity index (χ4n) is 1.42. The molecule has 82 valence electrons. The van der Waals surface area contributed by atoms with E-state index in [1.54, 1.807) is 6.20 Å². The summed E-state index contributed by atoms with van der Waals surface area (Å²) in [6.07, 6.45) is 3.70. The topological polar surface area (TPSA) is 58.9 Å². The van der Waals surface area contributed by atoms with Crippen LogP contribution in [0.4, 0.5) is 4.39 Å². The number of nitrogens with zero attached hydrogens (tertiary/aromatic N) is 1. The minimum atomic E-state index is -0.566. The van der Waals surface area contributed by atoms with Gasteiger partial charge in [-0.1, -0.05) is 11.6 Å². The summed E-state index contributed by atoms with van der Waals surface area (Å²) in [5.74, 6) is -0.527. The van der Waals surface area contributed by atoms with E-state index in [1.165, 1.54) is 18.2 Å². The molecule has 4 nitrogen and oxygen atoms in total. The van der Waals surface area contributed by atoms with Crippen LogP contribution in [0.5, 0.6) is 0 Å². The Balaban J connectivity index is 2.56. The lowest BCUT2D eigenvalue weighted by molar-refractivity contribution is -0.400. The summed E-state index contributed by atoms with van der Waals surface area (Å²) in [4.78, 5) is 12.4. The highest BCUT2D eigenvalue weighted by Crippen LogP contribution is 2.25. The van der Waals surface area contributed by atoms with Gasteiger partial charge < -0.3 is 4.98 Å². The average Bonchev–Trinajstić information content (AvgIpc) is 2.58. The largest absolute Gasteiger partial charge is 0.360 e. The van der Waals surface area contributed by atoms with Crippen molar-refractivity contribution in [1.82, 2.24) is 4.98 Å². The molecule has 0 saturated heterocycles. The molecule has 0 radical (unpaired) electrons. The summed E-state index contributed by atoms with van der Waals surface area (Å²) < 4.78 is 13.1. The number of benzene rings is 1. The molecule has 0 bridgehead atoms. The SMILES string of the molecule is O=[N+]([O-])/C=C/c1c[nH]c2cc(F)c(Cl)cc12. The number of aromatic amines is 1. The quantitative estimate of drug-likeness (QED) is 0.647. The van der Waals surface area contributed by atoms with Gasteiger partial charge in [-0.25, -0.2) is 4.39 Å². The van der Waals surface area contributed by atoms with E-state index in [0.717, 1.165) is 6.20 Å². The zero-order valence-electron chi connectivity index (χ0n) is 7.91. The van der Waals surface area contributed by atoms with E-state index in [9.17, 15) is 14.5 Å². The fourth-order valence-corrected chi connectivity index (χ4v) is 1.58. The first-order chi connectivity index (χ1) is 7.58. The number of nitro groups is 1. The number of aromatic nitrogens is 1. The van der Waals surface area contributed by atoms with Crippen molar-refractivity contribution < 1.29 is 9.31 Å². The molecule has 2 aromatic rings. The molecule has 6 heteroatoms. The highest BCUT2D eigenvalue weighted by atomic mass is 35.5. The van der Waals surface area contributed by atoms with Gasteiger partial charge in [0.15, 0.2) is 0 Å². The highest BCUT2D eigenvalue weighted by Gasteiger charge is 2.07. The van der Waals surface area contributed by atoms with Crippen molar-refractivity contribution in [2.75, 3.05) is 0 Å². The predicted octanol–water partition coefficient (Wildman–Crippen LogP) is 3.21. The lowest BCUT2D eigenvalue weighted by Gasteiger charge is -1.95. The Morgan fingerprint density at radius 1 is 1.50 bits per heavy atom. The van der Waals surface area contributed by atoms with Gasteiger partial charge in [0.1, 0.15) is 5.82 Å². The van der Waals surface area contributed by atoms with Crippen LogP contribution in [0.2, 0.25) is 5.02 Å². The Morgan fingerprint density at radius 2 is 2.25 bits per heavy atom. The third-order valence-electron chi connectivity index (χ3n) is 2.13. The van der Waals surface area contributed by atoms with Crippen molar-refractivity contribution in [1.29, 1.82) is 0 Å². The molecule has 1 heterocycles. The Hall–Kier alpha value is -1.88. The van der Waals surface area contributed by atoms with Crippen molar-refractivity contribution >= 4 is 28.6 Å². The third-order valence-corrected chi connectivity index (χ3v) is 2.42. The maximum atomic E-state index is 13.1. The molecular formula is C10H6ClFN2O2. The van der Waals surface area contributed by atoms with E-state index in [-0.39, 0.29) is 5.02 Å². The first-order valence-corrected chi connectivity index (χ1v) is 4.73. The first-order valence-electron chi connectivity index (χ1n) is 4.36. The molecule has 0 aliphatic rings. The zero-order valence-corrected chi connectivity index (χ0v) is 8.66. The normalized spacial score (nSPS) is 11.4. The lowest BCUT2D eigenvalue weighted by Crippen LogP contribution is -1.82. The molecular weight excluding hydrogens is 235 g/mol. The molecule has 0 fully saturated rings. The van der Waals surface area contributed by atoms with Gasteiger partial charge in [0.05, 0.1) is 9.95 Å². The van der Waals surface area contributed by atoms with Crippen LogP contribution in [0, 0.1) is 15.9 Å². The Kier molecular flexibility index (Phi) is 2.62. The second-order valence-corrected chi connectivity index (χ2v) is 3.56. The molecule has 0 atom stereocenters. The Labute approximate surface area is 94.5 Å². The smallest absolute Gasteiger partial charge is 0.235 e. The van der Waals surface area contributed by atoms with E-state index in [0.29, 0.717) is 16.5 Å². The molecule has 1 N–H and O–H groups in total. The number of nitrogens with one attached hydrogen (secondary N) is 1. The standard InChI is InChI=1S/C10H6ClFN2O2/c11-8-3-7-6(1-2-14(15)16)5-13-10(7)4-9(8)12/h1-5,13H/b2-1+. The summed E-state index contributed by atoms with van der Waals surface area (Å²) in [6.45, 7) is 0. The number of H-pyrrole nitrogens is 1. The molecule has 1 aromatic heterocycles. The molecule has 0 amide bonds. The molecule has 0 unspecified atom stereocenters. The van der Waals surface area contributed by atoms with Crippen LogP contribution in [0.3, 0.4) is 0 Å². The van der Waals surface area contributed by atoms with Gasteiger partial charge in [0, 0.05) is 28.7 Å². The molecule has 16 heavy (non-hydrogen) atoms.